The van der Waals surface area contributed by atoms with E-state index in [1.165, 1.54) is 77.0 Å². The zero-order valence-corrected chi connectivity index (χ0v) is 17.6. The first kappa shape index (κ1) is 20.6. The van der Waals surface area contributed by atoms with E-state index in [1.54, 1.807) is 0 Å². The van der Waals surface area contributed by atoms with E-state index >= 15 is 0 Å². The first-order chi connectivity index (χ1) is 12.7. The molecule has 152 valence electrons. The predicted molar refractivity (Wildman–Crippen MR) is 109 cm³/mol. The van der Waals surface area contributed by atoms with Crippen LogP contribution in [0.2, 0.25) is 0 Å². The zero-order valence-electron chi connectivity index (χ0n) is 17.6. The SMILES string of the molecule is CC1CCCC(COCC2CCC(COCC3CCCC(C)C3)CC2)C1. The minimum absolute atomic E-state index is 0.812. The Morgan fingerprint density at radius 2 is 0.885 bits per heavy atom. The van der Waals surface area contributed by atoms with Crippen LogP contribution in [0.15, 0.2) is 0 Å². The van der Waals surface area contributed by atoms with Crippen LogP contribution in [-0.4, -0.2) is 26.4 Å². The van der Waals surface area contributed by atoms with E-state index in [9.17, 15) is 0 Å². The third kappa shape index (κ3) is 7.15. The van der Waals surface area contributed by atoms with Crippen LogP contribution in [0.3, 0.4) is 0 Å². The van der Waals surface area contributed by atoms with Crippen LogP contribution in [0, 0.1) is 35.5 Å². The van der Waals surface area contributed by atoms with Gasteiger partial charge in [0.05, 0.1) is 0 Å². The normalized spacial score (nSPS) is 39.0. The maximum absolute atomic E-state index is 6.14. The van der Waals surface area contributed by atoms with Crippen molar-refractivity contribution in [3.05, 3.63) is 0 Å². The average Bonchev–Trinajstić information content (AvgIpc) is 2.63. The van der Waals surface area contributed by atoms with Crippen molar-refractivity contribution in [2.75, 3.05) is 26.4 Å². The molecule has 2 heteroatoms. The molecule has 0 aromatic heterocycles. The van der Waals surface area contributed by atoms with Crippen LogP contribution < -0.4 is 0 Å². The fourth-order valence-corrected chi connectivity index (χ4v) is 5.79. The van der Waals surface area contributed by atoms with E-state index in [-0.39, 0.29) is 0 Å². The van der Waals surface area contributed by atoms with Gasteiger partial charge >= 0.3 is 0 Å². The summed E-state index contributed by atoms with van der Waals surface area (Å²) in [6.45, 7) is 8.88. The molecule has 4 unspecified atom stereocenters. The van der Waals surface area contributed by atoms with Gasteiger partial charge in [0.15, 0.2) is 0 Å². The highest BCUT2D eigenvalue weighted by Crippen LogP contribution is 2.32. The van der Waals surface area contributed by atoms with Crippen LogP contribution in [0.4, 0.5) is 0 Å². The largest absolute Gasteiger partial charge is 0.381 e. The topological polar surface area (TPSA) is 18.5 Å². The summed E-state index contributed by atoms with van der Waals surface area (Å²) in [5, 5.41) is 0. The van der Waals surface area contributed by atoms with Crippen LogP contribution in [-0.2, 0) is 9.47 Å². The second-order valence-electron chi connectivity index (χ2n) is 10.2. The van der Waals surface area contributed by atoms with Crippen molar-refractivity contribution in [1.29, 1.82) is 0 Å². The first-order valence-corrected chi connectivity index (χ1v) is 11.8. The van der Waals surface area contributed by atoms with Gasteiger partial charge in [-0.2, -0.15) is 0 Å². The molecule has 3 rings (SSSR count). The molecule has 3 aliphatic carbocycles. The standard InChI is InChI=1S/C24H44O2/c1-19-5-3-7-23(13-19)17-25-15-21-9-11-22(12-10-21)16-26-18-24-8-4-6-20(2)14-24/h19-24H,3-18H2,1-2H3. The minimum atomic E-state index is 0.812. The second kappa shape index (κ2) is 11.1. The Bertz CT molecular complexity index is 338. The van der Waals surface area contributed by atoms with E-state index < -0.39 is 0 Å². The molecule has 0 heterocycles. The minimum Gasteiger partial charge on any atom is -0.381 e. The number of rotatable bonds is 8. The molecule has 0 bridgehead atoms. The Balaban J connectivity index is 1.20. The molecule has 0 aromatic rings. The van der Waals surface area contributed by atoms with Crippen molar-refractivity contribution in [3.63, 3.8) is 0 Å². The maximum Gasteiger partial charge on any atom is 0.0494 e. The van der Waals surface area contributed by atoms with Gasteiger partial charge in [-0.3, -0.25) is 0 Å². The Labute approximate surface area is 162 Å². The van der Waals surface area contributed by atoms with Gasteiger partial charge in [0, 0.05) is 26.4 Å². The monoisotopic (exact) mass is 364 g/mol. The van der Waals surface area contributed by atoms with Gasteiger partial charge in [-0.15, -0.1) is 0 Å². The molecular formula is C24H44O2. The zero-order chi connectivity index (χ0) is 18.2. The molecule has 0 spiro atoms. The van der Waals surface area contributed by atoms with Gasteiger partial charge in [0.25, 0.3) is 0 Å². The quantitative estimate of drug-likeness (QED) is 0.491. The summed E-state index contributed by atoms with van der Waals surface area (Å²) in [4.78, 5) is 0. The highest BCUT2D eigenvalue weighted by molar-refractivity contribution is 4.75. The molecule has 4 atom stereocenters. The van der Waals surface area contributed by atoms with Crippen molar-refractivity contribution in [2.45, 2.75) is 90.9 Å². The van der Waals surface area contributed by atoms with Crippen molar-refractivity contribution < 1.29 is 9.47 Å². The van der Waals surface area contributed by atoms with Gasteiger partial charge in [-0.05, 0) is 86.9 Å². The Kier molecular flexibility index (Phi) is 8.78. The first-order valence-electron chi connectivity index (χ1n) is 11.8. The fourth-order valence-electron chi connectivity index (χ4n) is 5.79. The third-order valence-electron chi connectivity index (χ3n) is 7.47. The molecule has 3 aliphatic rings. The van der Waals surface area contributed by atoms with Crippen molar-refractivity contribution in [2.24, 2.45) is 35.5 Å². The lowest BCUT2D eigenvalue weighted by atomic mass is 9.82. The van der Waals surface area contributed by atoms with E-state index in [1.807, 2.05) is 0 Å². The van der Waals surface area contributed by atoms with Crippen molar-refractivity contribution in [3.8, 4) is 0 Å². The van der Waals surface area contributed by atoms with Crippen LogP contribution in [0.1, 0.15) is 90.9 Å². The van der Waals surface area contributed by atoms with Crippen molar-refractivity contribution in [1.82, 2.24) is 0 Å². The van der Waals surface area contributed by atoms with Gasteiger partial charge in [0.2, 0.25) is 0 Å². The Morgan fingerprint density at radius 3 is 1.27 bits per heavy atom. The maximum atomic E-state index is 6.14. The summed E-state index contributed by atoms with van der Waals surface area (Å²) in [5.41, 5.74) is 0. The molecule has 0 N–H and O–H groups in total. The van der Waals surface area contributed by atoms with E-state index in [0.717, 1.165) is 61.9 Å². The number of ether oxygens (including phenoxy) is 2. The second-order valence-corrected chi connectivity index (χ2v) is 10.2. The van der Waals surface area contributed by atoms with Crippen LogP contribution >= 0.6 is 0 Å². The van der Waals surface area contributed by atoms with Gasteiger partial charge in [0.1, 0.15) is 0 Å². The molecule has 3 fully saturated rings. The third-order valence-corrected chi connectivity index (χ3v) is 7.47. The van der Waals surface area contributed by atoms with E-state index in [2.05, 4.69) is 13.8 Å². The Morgan fingerprint density at radius 1 is 0.500 bits per heavy atom. The molecule has 26 heavy (non-hydrogen) atoms. The average molecular weight is 365 g/mol. The molecule has 0 amide bonds. The van der Waals surface area contributed by atoms with E-state index in [0.29, 0.717) is 0 Å². The van der Waals surface area contributed by atoms with Crippen LogP contribution in [0.25, 0.3) is 0 Å². The predicted octanol–water partition coefficient (Wildman–Crippen LogP) is 6.48. The summed E-state index contributed by atoms with van der Waals surface area (Å²) >= 11 is 0. The molecule has 0 radical (unpaired) electrons. The van der Waals surface area contributed by atoms with Gasteiger partial charge in [-0.1, -0.05) is 39.5 Å². The summed E-state index contributed by atoms with van der Waals surface area (Å²) in [7, 11) is 0. The highest BCUT2D eigenvalue weighted by atomic mass is 16.5. The number of hydrogen-bond acceptors (Lipinski definition) is 2. The lowest BCUT2D eigenvalue weighted by Gasteiger charge is -2.31. The lowest BCUT2D eigenvalue weighted by Crippen LogP contribution is -2.25. The summed E-state index contributed by atoms with van der Waals surface area (Å²) in [5.74, 6) is 5.14. The summed E-state index contributed by atoms with van der Waals surface area (Å²) < 4.78 is 12.3. The number of hydrogen-bond donors (Lipinski definition) is 0. The smallest absolute Gasteiger partial charge is 0.0494 e. The molecule has 2 nitrogen and oxygen atoms in total. The molecule has 3 saturated carbocycles. The van der Waals surface area contributed by atoms with Crippen LogP contribution in [0.5, 0.6) is 0 Å². The highest BCUT2D eigenvalue weighted by Gasteiger charge is 2.24. The van der Waals surface area contributed by atoms with Gasteiger partial charge in [-0.25, -0.2) is 0 Å². The molecule has 0 aliphatic heterocycles. The Hall–Kier alpha value is -0.0800. The molecular weight excluding hydrogens is 320 g/mol. The lowest BCUT2D eigenvalue weighted by molar-refractivity contribution is 0.0193. The fraction of sp³-hybridized carbons (Fsp3) is 1.00. The summed E-state index contributed by atoms with van der Waals surface area (Å²) in [6, 6.07) is 0. The summed E-state index contributed by atoms with van der Waals surface area (Å²) in [6.07, 6.45) is 16.7. The van der Waals surface area contributed by atoms with Crippen molar-refractivity contribution >= 4 is 0 Å². The van der Waals surface area contributed by atoms with Gasteiger partial charge < -0.3 is 9.47 Å². The molecule has 0 aromatic carbocycles. The van der Waals surface area contributed by atoms with E-state index in [4.69, 9.17) is 9.47 Å². The molecule has 0 saturated heterocycles.